The fourth-order valence-corrected chi connectivity index (χ4v) is 1.82. The maximum atomic E-state index is 11.8. The molecule has 0 saturated carbocycles. The molecule has 16 heavy (non-hydrogen) atoms. The number of hydrogen-bond acceptors (Lipinski definition) is 3. The Hall–Kier alpha value is -1.88. The van der Waals surface area contributed by atoms with Crippen molar-refractivity contribution in [2.75, 3.05) is 13.7 Å². The monoisotopic (exact) mass is 220 g/mol. The van der Waals surface area contributed by atoms with Crippen molar-refractivity contribution in [1.82, 2.24) is 10.6 Å². The Balaban J connectivity index is 2.44. The number of imide groups is 1. The highest BCUT2D eigenvalue weighted by Crippen LogP contribution is 2.24. The molecular weight excluding hydrogens is 208 g/mol. The van der Waals surface area contributed by atoms with Crippen molar-refractivity contribution >= 4 is 11.9 Å². The average molecular weight is 220 g/mol. The van der Waals surface area contributed by atoms with Gasteiger partial charge in [-0.05, 0) is 5.56 Å². The Bertz CT molecular complexity index is 418. The van der Waals surface area contributed by atoms with Crippen LogP contribution in [0.2, 0.25) is 0 Å². The van der Waals surface area contributed by atoms with Gasteiger partial charge in [0.25, 0.3) is 5.91 Å². The molecule has 0 radical (unpaired) electrons. The topological polar surface area (TPSA) is 67.4 Å². The summed E-state index contributed by atoms with van der Waals surface area (Å²) in [6.07, 6.45) is 0. The van der Waals surface area contributed by atoms with E-state index in [1.807, 2.05) is 18.2 Å². The number of carbonyl (C=O) groups is 2. The van der Waals surface area contributed by atoms with Gasteiger partial charge in [-0.25, -0.2) is 4.79 Å². The van der Waals surface area contributed by atoms with E-state index < -0.39 is 11.6 Å². The van der Waals surface area contributed by atoms with Crippen LogP contribution >= 0.6 is 0 Å². The predicted octanol–water partition coefficient (Wildman–Crippen LogP) is 0.368. The molecule has 1 aliphatic heterocycles. The highest BCUT2D eigenvalue weighted by Gasteiger charge is 2.47. The van der Waals surface area contributed by atoms with Gasteiger partial charge in [-0.1, -0.05) is 30.3 Å². The molecule has 1 unspecified atom stereocenters. The first-order valence-corrected chi connectivity index (χ1v) is 4.87. The first-order chi connectivity index (χ1) is 7.69. The molecule has 1 atom stereocenters. The van der Waals surface area contributed by atoms with Crippen LogP contribution in [0.5, 0.6) is 0 Å². The summed E-state index contributed by atoms with van der Waals surface area (Å²) in [6.45, 7) is 0.106. The number of methoxy groups -OCH3 is 1. The van der Waals surface area contributed by atoms with Crippen LogP contribution in [0.15, 0.2) is 30.3 Å². The molecule has 0 aromatic heterocycles. The number of urea groups is 1. The minimum atomic E-state index is -1.10. The molecule has 1 heterocycles. The zero-order valence-electron chi connectivity index (χ0n) is 8.82. The Morgan fingerprint density at radius 2 is 1.94 bits per heavy atom. The number of nitrogens with one attached hydrogen (secondary N) is 2. The van der Waals surface area contributed by atoms with Crippen molar-refractivity contribution < 1.29 is 14.3 Å². The van der Waals surface area contributed by atoms with Crippen LogP contribution in [0, 0.1) is 0 Å². The van der Waals surface area contributed by atoms with Crippen molar-refractivity contribution in [1.29, 1.82) is 0 Å². The SMILES string of the molecule is COCC1(c2ccccc2)NC(=O)NC1=O. The molecule has 84 valence electrons. The van der Waals surface area contributed by atoms with Crippen LogP contribution in [-0.2, 0) is 15.1 Å². The van der Waals surface area contributed by atoms with E-state index in [4.69, 9.17) is 4.74 Å². The van der Waals surface area contributed by atoms with Crippen LogP contribution in [0.3, 0.4) is 0 Å². The maximum Gasteiger partial charge on any atom is 0.322 e. The van der Waals surface area contributed by atoms with E-state index in [0.29, 0.717) is 5.56 Å². The molecule has 0 aliphatic carbocycles. The van der Waals surface area contributed by atoms with Gasteiger partial charge in [0.1, 0.15) is 0 Å². The van der Waals surface area contributed by atoms with E-state index in [9.17, 15) is 9.59 Å². The number of amides is 3. The zero-order valence-corrected chi connectivity index (χ0v) is 8.82. The molecule has 0 bridgehead atoms. The third kappa shape index (κ3) is 1.55. The van der Waals surface area contributed by atoms with Gasteiger partial charge in [0.2, 0.25) is 0 Å². The summed E-state index contributed by atoms with van der Waals surface area (Å²) in [5.41, 5.74) is -0.396. The van der Waals surface area contributed by atoms with E-state index in [0.717, 1.165) is 0 Å². The molecule has 0 spiro atoms. The zero-order chi connectivity index (χ0) is 11.6. The summed E-state index contributed by atoms with van der Waals surface area (Å²) in [5, 5.41) is 4.83. The van der Waals surface area contributed by atoms with Gasteiger partial charge >= 0.3 is 6.03 Å². The Morgan fingerprint density at radius 3 is 2.44 bits per heavy atom. The van der Waals surface area contributed by atoms with Gasteiger partial charge in [0, 0.05) is 7.11 Å². The molecule has 2 rings (SSSR count). The maximum absolute atomic E-state index is 11.8. The van der Waals surface area contributed by atoms with E-state index in [1.165, 1.54) is 7.11 Å². The third-order valence-electron chi connectivity index (χ3n) is 2.57. The fraction of sp³-hybridized carbons (Fsp3) is 0.273. The van der Waals surface area contributed by atoms with Crippen molar-refractivity contribution in [3.63, 3.8) is 0 Å². The lowest BCUT2D eigenvalue weighted by atomic mass is 9.91. The van der Waals surface area contributed by atoms with Crippen molar-refractivity contribution in [3.8, 4) is 0 Å². The lowest BCUT2D eigenvalue weighted by Gasteiger charge is -2.25. The minimum absolute atomic E-state index is 0.106. The highest BCUT2D eigenvalue weighted by molar-refractivity contribution is 6.07. The van der Waals surface area contributed by atoms with E-state index >= 15 is 0 Å². The predicted molar refractivity (Wildman–Crippen MR) is 56.7 cm³/mol. The summed E-state index contributed by atoms with van der Waals surface area (Å²) in [6, 6.07) is 8.54. The number of rotatable bonds is 3. The summed E-state index contributed by atoms with van der Waals surface area (Å²) in [5.74, 6) is -0.384. The number of hydrogen-bond donors (Lipinski definition) is 2. The Kier molecular flexibility index (Phi) is 2.62. The third-order valence-corrected chi connectivity index (χ3v) is 2.57. The summed E-state index contributed by atoms with van der Waals surface area (Å²) in [7, 11) is 1.49. The van der Waals surface area contributed by atoms with Crippen LogP contribution in [0.25, 0.3) is 0 Å². The molecule has 1 saturated heterocycles. The second kappa shape index (κ2) is 3.94. The first-order valence-electron chi connectivity index (χ1n) is 4.87. The average Bonchev–Trinajstić information content (AvgIpc) is 2.57. The van der Waals surface area contributed by atoms with Crippen LogP contribution in [-0.4, -0.2) is 25.7 Å². The normalized spacial score (nSPS) is 24.1. The Labute approximate surface area is 92.8 Å². The number of benzene rings is 1. The lowest BCUT2D eigenvalue weighted by Crippen LogP contribution is -2.47. The van der Waals surface area contributed by atoms with Gasteiger partial charge in [0.15, 0.2) is 5.54 Å². The van der Waals surface area contributed by atoms with E-state index in [-0.39, 0.29) is 12.5 Å². The Morgan fingerprint density at radius 1 is 1.25 bits per heavy atom. The molecule has 1 aromatic carbocycles. The fourth-order valence-electron chi connectivity index (χ4n) is 1.82. The second-order valence-electron chi connectivity index (χ2n) is 3.61. The van der Waals surface area contributed by atoms with Gasteiger partial charge < -0.3 is 10.1 Å². The molecule has 3 amide bonds. The number of carbonyl (C=O) groups excluding carboxylic acids is 2. The molecule has 5 heteroatoms. The van der Waals surface area contributed by atoms with Gasteiger partial charge in [-0.2, -0.15) is 0 Å². The van der Waals surface area contributed by atoms with E-state index in [1.54, 1.807) is 12.1 Å². The van der Waals surface area contributed by atoms with Gasteiger partial charge in [-0.15, -0.1) is 0 Å². The first kappa shape index (κ1) is 10.6. The summed E-state index contributed by atoms with van der Waals surface area (Å²) < 4.78 is 5.03. The van der Waals surface area contributed by atoms with Crippen molar-refractivity contribution in [2.24, 2.45) is 0 Å². The quantitative estimate of drug-likeness (QED) is 0.723. The van der Waals surface area contributed by atoms with Crippen LogP contribution in [0.4, 0.5) is 4.79 Å². The van der Waals surface area contributed by atoms with Crippen LogP contribution < -0.4 is 10.6 Å². The molecule has 1 fully saturated rings. The van der Waals surface area contributed by atoms with Gasteiger partial charge in [-0.3, -0.25) is 10.1 Å². The van der Waals surface area contributed by atoms with Gasteiger partial charge in [0.05, 0.1) is 6.61 Å². The number of ether oxygens (including phenoxy) is 1. The standard InChI is InChI=1S/C11H12N2O3/c1-16-7-11(8-5-3-2-4-6-8)9(14)12-10(15)13-11/h2-6H,7H2,1H3,(H2,12,13,14,15). The van der Waals surface area contributed by atoms with Crippen molar-refractivity contribution in [3.05, 3.63) is 35.9 Å². The molecule has 1 aliphatic rings. The summed E-state index contributed by atoms with van der Waals surface area (Å²) in [4.78, 5) is 23.0. The second-order valence-corrected chi connectivity index (χ2v) is 3.61. The highest BCUT2D eigenvalue weighted by atomic mass is 16.5. The smallest absolute Gasteiger partial charge is 0.322 e. The largest absolute Gasteiger partial charge is 0.381 e. The van der Waals surface area contributed by atoms with Crippen LogP contribution in [0.1, 0.15) is 5.56 Å². The molecule has 5 nitrogen and oxygen atoms in total. The van der Waals surface area contributed by atoms with E-state index in [2.05, 4.69) is 10.6 Å². The van der Waals surface area contributed by atoms with Crippen molar-refractivity contribution in [2.45, 2.75) is 5.54 Å². The molecular formula is C11H12N2O3. The molecule has 1 aromatic rings. The minimum Gasteiger partial charge on any atom is -0.381 e. The summed E-state index contributed by atoms with van der Waals surface area (Å²) >= 11 is 0. The lowest BCUT2D eigenvalue weighted by molar-refractivity contribution is -0.126. The molecule has 2 N–H and O–H groups in total.